The first-order valence-corrected chi connectivity index (χ1v) is 12.8. The summed E-state index contributed by atoms with van der Waals surface area (Å²) in [6, 6.07) is 19.1. The highest BCUT2D eigenvalue weighted by molar-refractivity contribution is 7.92. The van der Waals surface area contributed by atoms with E-state index in [4.69, 9.17) is 4.74 Å². The molecular weight excluding hydrogens is 467 g/mol. The zero-order valence-electron chi connectivity index (χ0n) is 20.4. The van der Waals surface area contributed by atoms with Crippen LogP contribution in [-0.4, -0.2) is 34.0 Å². The van der Waals surface area contributed by atoms with Crippen LogP contribution in [0.3, 0.4) is 0 Å². The molecule has 3 aromatic rings. The number of nitrogens with one attached hydrogen (secondary N) is 1. The number of halogens is 1. The van der Waals surface area contributed by atoms with Gasteiger partial charge in [0.25, 0.3) is 10.0 Å². The third kappa shape index (κ3) is 6.82. The molecule has 0 aromatic heterocycles. The van der Waals surface area contributed by atoms with Crippen molar-refractivity contribution < 1.29 is 22.3 Å². The van der Waals surface area contributed by atoms with Crippen molar-refractivity contribution in [1.29, 1.82) is 0 Å². The second kappa shape index (κ2) is 10.9. The van der Waals surface area contributed by atoms with E-state index in [1.807, 2.05) is 31.2 Å². The predicted octanol–water partition coefficient (Wildman–Crippen LogP) is 4.82. The zero-order chi connectivity index (χ0) is 25.6. The van der Waals surface area contributed by atoms with Gasteiger partial charge in [0.1, 0.15) is 24.7 Å². The Bertz CT molecular complexity index is 1250. The van der Waals surface area contributed by atoms with Crippen molar-refractivity contribution in [3.8, 4) is 5.75 Å². The van der Waals surface area contributed by atoms with Crippen LogP contribution in [0.2, 0.25) is 0 Å². The minimum atomic E-state index is -4.10. The van der Waals surface area contributed by atoms with Crippen LogP contribution in [-0.2, 0) is 20.2 Å². The molecule has 8 heteroatoms. The highest BCUT2D eigenvalue weighted by Crippen LogP contribution is 2.30. The molecule has 186 valence electrons. The van der Waals surface area contributed by atoms with E-state index in [0.717, 1.165) is 33.3 Å². The molecule has 0 fully saturated rings. The molecule has 0 atom stereocenters. The smallest absolute Gasteiger partial charge is 0.264 e. The number of hydrogen-bond acceptors (Lipinski definition) is 4. The summed E-state index contributed by atoms with van der Waals surface area (Å²) >= 11 is 0. The Kier molecular flexibility index (Phi) is 8.17. The molecule has 0 bridgehead atoms. The molecule has 0 saturated heterocycles. The lowest BCUT2D eigenvalue weighted by Crippen LogP contribution is -2.42. The van der Waals surface area contributed by atoms with E-state index in [9.17, 15) is 17.6 Å². The molecule has 1 amide bonds. The van der Waals surface area contributed by atoms with Crippen LogP contribution in [0.5, 0.6) is 5.75 Å². The summed E-state index contributed by atoms with van der Waals surface area (Å²) in [5.74, 6) is -0.282. The second-order valence-electron chi connectivity index (χ2n) is 9.25. The SMILES string of the molecule is Cc1ccc(N(CC(=O)NCCOc2ccccc2C(C)(C)C)S(=O)(=O)c2ccc(F)cc2)cc1. The molecule has 0 spiro atoms. The number of para-hydroxylation sites is 1. The molecule has 0 unspecified atom stereocenters. The highest BCUT2D eigenvalue weighted by Gasteiger charge is 2.27. The van der Waals surface area contributed by atoms with Gasteiger partial charge in [-0.25, -0.2) is 12.8 Å². The fraction of sp³-hybridized carbons (Fsp3) is 0.296. The quantitative estimate of drug-likeness (QED) is 0.429. The fourth-order valence-corrected chi connectivity index (χ4v) is 4.93. The van der Waals surface area contributed by atoms with Gasteiger partial charge in [0, 0.05) is 0 Å². The van der Waals surface area contributed by atoms with E-state index in [1.165, 1.54) is 12.1 Å². The molecule has 1 N–H and O–H groups in total. The topological polar surface area (TPSA) is 75.7 Å². The summed E-state index contributed by atoms with van der Waals surface area (Å²) < 4.78 is 46.9. The molecular formula is C27H31FN2O4S. The third-order valence-electron chi connectivity index (χ3n) is 5.39. The summed E-state index contributed by atoms with van der Waals surface area (Å²) in [6.45, 7) is 8.17. The molecule has 0 aliphatic carbocycles. The maximum atomic E-state index is 13.4. The summed E-state index contributed by atoms with van der Waals surface area (Å²) in [5.41, 5.74) is 2.25. The molecule has 0 aliphatic heterocycles. The van der Waals surface area contributed by atoms with Crippen LogP contribution < -0.4 is 14.4 Å². The van der Waals surface area contributed by atoms with Gasteiger partial charge in [-0.05, 0) is 60.4 Å². The van der Waals surface area contributed by atoms with Crippen molar-refractivity contribution >= 4 is 21.6 Å². The van der Waals surface area contributed by atoms with Crippen molar-refractivity contribution in [3.63, 3.8) is 0 Å². The van der Waals surface area contributed by atoms with Crippen molar-refractivity contribution in [2.75, 3.05) is 24.0 Å². The fourth-order valence-electron chi connectivity index (χ4n) is 3.51. The van der Waals surface area contributed by atoms with Crippen LogP contribution in [0.25, 0.3) is 0 Å². The van der Waals surface area contributed by atoms with Gasteiger partial charge in [-0.1, -0.05) is 56.7 Å². The van der Waals surface area contributed by atoms with Crippen molar-refractivity contribution in [2.24, 2.45) is 0 Å². The maximum absolute atomic E-state index is 13.4. The monoisotopic (exact) mass is 498 g/mol. The first-order valence-electron chi connectivity index (χ1n) is 11.3. The number of rotatable bonds is 9. The van der Waals surface area contributed by atoms with Gasteiger partial charge in [-0.3, -0.25) is 9.10 Å². The average molecular weight is 499 g/mol. The normalized spacial score (nSPS) is 11.7. The van der Waals surface area contributed by atoms with Crippen molar-refractivity contribution in [3.05, 3.63) is 89.7 Å². The summed E-state index contributed by atoms with van der Waals surface area (Å²) in [7, 11) is -4.10. The average Bonchev–Trinajstić information content (AvgIpc) is 2.81. The Balaban J connectivity index is 1.70. The first-order chi connectivity index (χ1) is 16.5. The van der Waals surface area contributed by atoms with Gasteiger partial charge in [0.15, 0.2) is 0 Å². The lowest BCUT2D eigenvalue weighted by molar-refractivity contribution is -0.119. The lowest BCUT2D eigenvalue weighted by Gasteiger charge is -2.24. The minimum absolute atomic E-state index is 0.0942. The Morgan fingerprint density at radius 1 is 0.971 bits per heavy atom. The van der Waals surface area contributed by atoms with Gasteiger partial charge < -0.3 is 10.1 Å². The third-order valence-corrected chi connectivity index (χ3v) is 7.18. The number of ether oxygens (including phenoxy) is 1. The number of carbonyl (C=O) groups is 1. The number of carbonyl (C=O) groups excluding carboxylic acids is 1. The molecule has 0 radical (unpaired) electrons. The maximum Gasteiger partial charge on any atom is 0.264 e. The summed E-state index contributed by atoms with van der Waals surface area (Å²) in [4.78, 5) is 12.6. The number of aryl methyl sites for hydroxylation is 1. The molecule has 0 heterocycles. The lowest BCUT2D eigenvalue weighted by atomic mass is 9.86. The number of anilines is 1. The number of benzene rings is 3. The van der Waals surface area contributed by atoms with E-state index in [0.29, 0.717) is 5.69 Å². The van der Waals surface area contributed by atoms with E-state index in [2.05, 4.69) is 26.1 Å². The number of amides is 1. The van der Waals surface area contributed by atoms with Gasteiger partial charge >= 0.3 is 0 Å². The largest absolute Gasteiger partial charge is 0.491 e. The van der Waals surface area contributed by atoms with E-state index >= 15 is 0 Å². The molecule has 0 aliphatic rings. The van der Waals surface area contributed by atoms with Gasteiger partial charge in [-0.15, -0.1) is 0 Å². The van der Waals surface area contributed by atoms with Crippen molar-refractivity contribution in [1.82, 2.24) is 5.32 Å². The predicted molar refractivity (Wildman–Crippen MR) is 136 cm³/mol. The van der Waals surface area contributed by atoms with Crippen LogP contribution in [0, 0.1) is 12.7 Å². The van der Waals surface area contributed by atoms with Crippen LogP contribution in [0.1, 0.15) is 31.9 Å². The van der Waals surface area contributed by atoms with Gasteiger partial charge in [-0.2, -0.15) is 0 Å². The second-order valence-corrected chi connectivity index (χ2v) is 11.1. The molecule has 6 nitrogen and oxygen atoms in total. The molecule has 35 heavy (non-hydrogen) atoms. The van der Waals surface area contributed by atoms with Crippen molar-refractivity contribution in [2.45, 2.75) is 38.0 Å². The molecule has 3 rings (SSSR count). The summed E-state index contributed by atoms with van der Waals surface area (Å²) in [5, 5.41) is 2.73. The van der Waals surface area contributed by atoms with E-state index in [1.54, 1.807) is 24.3 Å². The van der Waals surface area contributed by atoms with Crippen LogP contribution in [0.15, 0.2) is 77.7 Å². The van der Waals surface area contributed by atoms with Crippen LogP contribution in [0.4, 0.5) is 10.1 Å². The minimum Gasteiger partial charge on any atom is -0.491 e. The van der Waals surface area contributed by atoms with Gasteiger partial charge in [0.2, 0.25) is 5.91 Å². The standard InChI is InChI=1S/C27H31FN2O4S/c1-20-9-13-22(14-10-20)30(35(32,33)23-15-11-21(28)12-16-23)19-26(31)29-17-18-34-25-8-6-5-7-24(25)27(2,3)4/h5-16H,17-19H2,1-4H3,(H,29,31). The number of hydrogen-bond donors (Lipinski definition) is 1. The highest BCUT2D eigenvalue weighted by atomic mass is 32.2. The van der Waals surface area contributed by atoms with E-state index in [-0.39, 0.29) is 23.5 Å². The Hall–Kier alpha value is -3.39. The number of nitrogens with zero attached hydrogens (tertiary/aromatic N) is 1. The Morgan fingerprint density at radius 2 is 1.60 bits per heavy atom. The van der Waals surface area contributed by atoms with Crippen LogP contribution >= 0.6 is 0 Å². The Labute approximate surface area is 206 Å². The Morgan fingerprint density at radius 3 is 2.23 bits per heavy atom. The van der Waals surface area contributed by atoms with Gasteiger partial charge in [0.05, 0.1) is 17.1 Å². The number of sulfonamides is 1. The summed E-state index contributed by atoms with van der Waals surface area (Å²) in [6.07, 6.45) is 0. The first kappa shape index (κ1) is 26.2. The molecule has 0 saturated carbocycles. The van der Waals surface area contributed by atoms with E-state index < -0.39 is 28.3 Å². The zero-order valence-corrected chi connectivity index (χ0v) is 21.2. The molecule has 3 aromatic carbocycles.